The molecule has 4 saturated carbocycles. The SMILES string of the molecule is CC1(C)C2CCC(C34C=CC(CC3)C4)C1C2. The Balaban J connectivity index is 1.67. The van der Waals surface area contributed by atoms with E-state index in [4.69, 9.17) is 0 Å². The molecule has 0 spiro atoms. The Labute approximate surface area is 99.5 Å². The van der Waals surface area contributed by atoms with E-state index in [2.05, 4.69) is 26.0 Å². The van der Waals surface area contributed by atoms with E-state index in [0.29, 0.717) is 10.8 Å². The fourth-order valence-corrected chi connectivity index (χ4v) is 5.75. The summed E-state index contributed by atoms with van der Waals surface area (Å²) in [6, 6.07) is 0. The van der Waals surface area contributed by atoms with E-state index in [-0.39, 0.29) is 0 Å². The van der Waals surface area contributed by atoms with Gasteiger partial charge in [0.25, 0.3) is 0 Å². The van der Waals surface area contributed by atoms with Crippen molar-refractivity contribution in [2.24, 2.45) is 34.5 Å². The number of hydrogen-bond donors (Lipinski definition) is 0. The van der Waals surface area contributed by atoms with Gasteiger partial charge in [-0.1, -0.05) is 26.0 Å². The third-order valence-corrected chi connectivity index (χ3v) is 6.92. The zero-order valence-corrected chi connectivity index (χ0v) is 10.7. The Kier molecular flexibility index (Phi) is 1.68. The molecule has 5 rings (SSSR count). The summed E-state index contributed by atoms with van der Waals surface area (Å²) in [5, 5.41) is 0. The predicted molar refractivity (Wildman–Crippen MR) is 67.0 cm³/mol. The summed E-state index contributed by atoms with van der Waals surface area (Å²) in [4.78, 5) is 0. The molecule has 5 aliphatic rings. The molecule has 5 atom stereocenters. The van der Waals surface area contributed by atoms with Gasteiger partial charge in [-0.15, -0.1) is 0 Å². The van der Waals surface area contributed by atoms with Gasteiger partial charge in [-0.3, -0.25) is 0 Å². The van der Waals surface area contributed by atoms with E-state index in [9.17, 15) is 0 Å². The van der Waals surface area contributed by atoms with Crippen LogP contribution >= 0.6 is 0 Å². The molecule has 0 aliphatic heterocycles. The van der Waals surface area contributed by atoms with Crippen molar-refractivity contribution in [3.63, 3.8) is 0 Å². The third kappa shape index (κ3) is 0.978. The van der Waals surface area contributed by atoms with E-state index in [1.807, 2.05) is 0 Å². The molecule has 5 aliphatic carbocycles. The monoisotopic (exact) mass is 216 g/mol. The van der Waals surface area contributed by atoms with E-state index in [1.54, 1.807) is 6.42 Å². The van der Waals surface area contributed by atoms with Crippen molar-refractivity contribution >= 4 is 0 Å². The second-order valence-electron chi connectivity index (χ2n) is 7.64. The molecule has 0 radical (unpaired) electrons. The van der Waals surface area contributed by atoms with Gasteiger partial charge in [0.2, 0.25) is 0 Å². The van der Waals surface area contributed by atoms with Gasteiger partial charge in [-0.05, 0) is 73.0 Å². The summed E-state index contributed by atoms with van der Waals surface area (Å²) in [6.45, 7) is 5.08. The van der Waals surface area contributed by atoms with Crippen LogP contribution in [0, 0.1) is 34.5 Å². The van der Waals surface area contributed by atoms with Gasteiger partial charge in [-0.2, -0.15) is 0 Å². The molecule has 5 unspecified atom stereocenters. The molecule has 0 heteroatoms. The molecular weight excluding hydrogens is 192 g/mol. The van der Waals surface area contributed by atoms with Crippen LogP contribution in [0.4, 0.5) is 0 Å². The highest BCUT2D eigenvalue weighted by Gasteiger charge is 2.60. The van der Waals surface area contributed by atoms with Crippen LogP contribution in [-0.4, -0.2) is 0 Å². The Bertz CT molecular complexity index is 349. The van der Waals surface area contributed by atoms with Crippen LogP contribution in [-0.2, 0) is 0 Å². The van der Waals surface area contributed by atoms with Crippen molar-refractivity contribution in [1.82, 2.24) is 0 Å². The van der Waals surface area contributed by atoms with E-state index < -0.39 is 0 Å². The average Bonchev–Trinajstić information content (AvgIpc) is 2.90. The molecular formula is C16H24. The van der Waals surface area contributed by atoms with Crippen molar-refractivity contribution in [2.75, 3.05) is 0 Å². The number of allylic oxidation sites excluding steroid dienone is 2. The number of rotatable bonds is 1. The molecule has 4 fully saturated rings. The van der Waals surface area contributed by atoms with Crippen LogP contribution in [0.25, 0.3) is 0 Å². The van der Waals surface area contributed by atoms with Gasteiger partial charge in [0, 0.05) is 0 Å². The first kappa shape index (κ1) is 9.74. The van der Waals surface area contributed by atoms with Crippen LogP contribution in [0.5, 0.6) is 0 Å². The van der Waals surface area contributed by atoms with E-state index >= 15 is 0 Å². The minimum Gasteiger partial charge on any atom is -0.0848 e. The summed E-state index contributed by atoms with van der Waals surface area (Å²) < 4.78 is 0. The molecule has 0 nitrogen and oxygen atoms in total. The molecule has 0 amide bonds. The van der Waals surface area contributed by atoms with Crippen molar-refractivity contribution < 1.29 is 0 Å². The van der Waals surface area contributed by atoms with Gasteiger partial charge in [-0.25, -0.2) is 0 Å². The molecule has 0 N–H and O–H groups in total. The van der Waals surface area contributed by atoms with Crippen molar-refractivity contribution in [1.29, 1.82) is 0 Å². The minimum absolute atomic E-state index is 0.665. The van der Waals surface area contributed by atoms with Gasteiger partial charge in [0.15, 0.2) is 0 Å². The molecule has 88 valence electrons. The Morgan fingerprint density at radius 1 is 1.06 bits per heavy atom. The summed E-state index contributed by atoms with van der Waals surface area (Å²) in [5.74, 6) is 4.11. The Morgan fingerprint density at radius 3 is 2.44 bits per heavy atom. The molecule has 0 heterocycles. The quantitative estimate of drug-likeness (QED) is 0.569. The maximum atomic E-state index is 2.64. The second-order valence-corrected chi connectivity index (χ2v) is 7.64. The first-order valence-electron chi connectivity index (χ1n) is 7.31. The van der Waals surface area contributed by atoms with Crippen LogP contribution in [0.1, 0.15) is 52.4 Å². The van der Waals surface area contributed by atoms with Crippen molar-refractivity contribution in [3.05, 3.63) is 12.2 Å². The minimum atomic E-state index is 0.665. The highest BCUT2D eigenvalue weighted by Crippen LogP contribution is 2.68. The van der Waals surface area contributed by atoms with Crippen molar-refractivity contribution in [3.8, 4) is 0 Å². The molecule has 0 aromatic rings. The fraction of sp³-hybridized carbons (Fsp3) is 0.875. The van der Waals surface area contributed by atoms with Gasteiger partial charge in [0.1, 0.15) is 0 Å². The predicted octanol–water partition coefficient (Wildman–Crippen LogP) is 4.42. The fourth-order valence-electron chi connectivity index (χ4n) is 5.75. The first-order chi connectivity index (χ1) is 7.62. The smallest absolute Gasteiger partial charge is 0.00812 e. The van der Waals surface area contributed by atoms with Gasteiger partial charge < -0.3 is 0 Å². The summed E-state index contributed by atoms with van der Waals surface area (Å²) in [6.07, 6.45) is 14.3. The van der Waals surface area contributed by atoms with Gasteiger partial charge in [0.05, 0.1) is 0 Å². The van der Waals surface area contributed by atoms with Gasteiger partial charge >= 0.3 is 0 Å². The van der Waals surface area contributed by atoms with Crippen LogP contribution in [0.15, 0.2) is 12.2 Å². The lowest BCUT2D eigenvalue weighted by Gasteiger charge is -2.63. The second kappa shape index (κ2) is 2.76. The first-order valence-corrected chi connectivity index (χ1v) is 7.31. The summed E-state index contributed by atoms with van der Waals surface area (Å²) in [5.41, 5.74) is 1.34. The van der Waals surface area contributed by atoms with Crippen LogP contribution < -0.4 is 0 Å². The zero-order valence-electron chi connectivity index (χ0n) is 10.7. The highest BCUT2D eigenvalue weighted by molar-refractivity contribution is 5.21. The zero-order chi connectivity index (χ0) is 11.0. The Morgan fingerprint density at radius 2 is 1.94 bits per heavy atom. The highest BCUT2D eigenvalue weighted by atomic mass is 14.6. The van der Waals surface area contributed by atoms with E-state index in [1.165, 1.54) is 32.1 Å². The largest absolute Gasteiger partial charge is 0.0848 e. The van der Waals surface area contributed by atoms with Crippen molar-refractivity contribution in [2.45, 2.75) is 52.4 Å². The third-order valence-electron chi connectivity index (χ3n) is 6.92. The molecule has 4 bridgehead atoms. The van der Waals surface area contributed by atoms with Crippen LogP contribution in [0.2, 0.25) is 0 Å². The standard InChI is InChI=1S/C16H24/c1-15(2)12-3-4-13(14(15)9-12)16-7-5-11(10-16)6-8-16/h5,7,11-14H,3-4,6,8-10H2,1-2H3. The number of fused-ring (bicyclic) bond motifs is 5. The lowest BCUT2D eigenvalue weighted by Crippen LogP contribution is -2.55. The average molecular weight is 216 g/mol. The molecule has 0 aromatic carbocycles. The van der Waals surface area contributed by atoms with Crippen LogP contribution in [0.3, 0.4) is 0 Å². The maximum absolute atomic E-state index is 2.64. The molecule has 0 saturated heterocycles. The summed E-state index contributed by atoms with van der Waals surface area (Å²) >= 11 is 0. The Hall–Kier alpha value is -0.260. The number of hydrogen-bond acceptors (Lipinski definition) is 0. The van der Waals surface area contributed by atoms with E-state index in [0.717, 1.165) is 23.7 Å². The summed E-state index contributed by atoms with van der Waals surface area (Å²) in [7, 11) is 0. The lowest BCUT2D eigenvalue weighted by molar-refractivity contribution is -0.133. The lowest BCUT2D eigenvalue weighted by atomic mass is 9.42. The molecule has 0 aromatic heterocycles. The topological polar surface area (TPSA) is 0 Å². The normalized spacial score (nSPS) is 56.4. The molecule has 16 heavy (non-hydrogen) atoms. The maximum Gasteiger partial charge on any atom is -0.00812 e.